The van der Waals surface area contributed by atoms with Crippen molar-refractivity contribution in [3.8, 4) is 5.88 Å². The molecule has 2 aromatic heterocycles. The zero-order valence-electron chi connectivity index (χ0n) is 15.1. The van der Waals surface area contributed by atoms with Crippen molar-refractivity contribution in [2.75, 3.05) is 5.73 Å². The smallest absolute Gasteiger partial charge is 0.220 e. The van der Waals surface area contributed by atoms with Gasteiger partial charge in [-0.25, -0.2) is 14.4 Å². The number of rotatable bonds is 4. The number of nitrogen functional groups attached to an aromatic ring is 1. The summed E-state index contributed by atoms with van der Waals surface area (Å²) in [6, 6.07) is 3.48. The Balaban J connectivity index is 1.70. The van der Waals surface area contributed by atoms with Crippen LogP contribution in [0.4, 0.5) is 10.2 Å². The van der Waals surface area contributed by atoms with Crippen molar-refractivity contribution in [2.45, 2.75) is 49.8 Å². The molecule has 2 aliphatic rings. The van der Waals surface area contributed by atoms with Crippen LogP contribution in [0.1, 0.15) is 49.3 Å². The number of alkyl halides is 1. The van der Waals surface area contributed by atoms with Gasteiger partial charge < -0.3 is 10.5 Å². The minimum Gasteiger partial charge on any atom is -0.474 e. The highest BCUT2D eigenvalue weighted by atomic mass is 19.1. The lowest BCUT2D eigenvalue weighted by atomic mass is 9.78. The summed E-state index contributed by atoms with van der Waals surface area (Å²) in [6.07, 6.45) is 17.0. The Bertz CT molecular complexity index is 846. The molecule has 2 atom stereocenters. The molecule has 2 aliphatic carbocycles. The first-order valence-electron chi connectivity index (χ1n) is 9.41. The van der Waals surface area contributed by atoms with Crippen molar-refractivity contribution in [3.63, 3.8) is 0 Å². The van der Waals surface area contributed by atoms with Crippen LogP contribution >= 0.6 is 0 Å². The Morgan fingerprint density at radius 1 is 1.07 bits per heavy atom. The molecule has 2 unspecified atom stereocenters. The fraction of sp³-hybridized carbons (Fsp3) is 0.381. The second-order valence-corrected chi connectivity index (χ2v) is 7.09. The van der Waals surface area contributed by atoms with Crippen LogP contribution in [0, 0.1) is 0 Å². The molecule has 4 rings (SSSR count). The van der Waals surface area contributed by atoms with E-state index in [0.29, 0.717) is 23.0 Å². The van der Waals surface area contributed by atoms with Crippen molar-refractivity contribution < 1.29 is 9.13 Å². The fourth-order valence-corrected chi connectivity index (χ4v) is 3.81. The maximum Gasteiger partial charge on any atom is 0.220 e. The molecule has 1 saturated carbocycles. The zero-order chi connectivity index (χ0) is 18.7. The predicted octanol–water partition coefficient (Wildman–Crippen LogP) is 4.24. The summed E-state index contributed by atoms with van der Waals surface area (Å²) in [6.45, 7) is 0. The van der Waals surface area contributed by atoms with Crippen LogP contribution in [-0.2, 0) is 5.67 Å². The highest BCUT2D eigenvalue weighted by Gasteiger charge is 2.43. The number of nitrogens with zero attached hydrogens (tertiary/aromatic N) is 3. The summed E-state index contributed by atoms with van der Waals surface area (Å²) in [5, 5.41) is 0. The van der Waals surface area contributed by atoms with Crippen molar-refractivity contribution in [2.24, 2.45) is 0 Å². The summed E-state index contributed by atoms with van der Waals surface area (Å²) in [5.74, 6) is 0.0370. The number of nitrogens with two attached hydrogens (primary N) is 1. The van der Waals surface area contributed by atoms with Gasteiger partial charge in [0.05, 0.1) is 29.6 Å². The van der Waals surface area contributed by atoms with E-state index in [9.17, 15) is 0 Å². The number of anilines is 1. The molecular formula is C21H23FN4O. The second-order valence-electron chi connectivity index (χ2n) is 7.09. The van der Waals surface area contributed by atoms with Gasteiger partial charge in [-0.15, -0.1) is 0 Å². The molecule has 0 spiro atoms. The Labute approximate surface area is 158 Å². The maximum atomic E-state index is 16.4. The normalized spacial score (nSPS) is 25.4. The molecule has 0 bridgehead atoms. The molecule has 27 heavy (non-hydrogen) atoms. The number of hydrogen-bond donors (Lipinski definition) is 1. The highest BCUT2D eigenvalue weighted by molar-refractivity contribution is 5.44. The Morgan fingerprint density at radius 3 is 2.70 bits per heavy atom. The minimum absolute atomic E-state index is 0.0916. The van der Waals surface area contributed by atoms with Gasteiger partial charge in [0.1, 0.15) is 11.9 Å². The molecule has 0 aliphatic heterocycles. The van der Waals surface area contributed by atoms with Crippen molar-refractivity contribution in [1.29, 1.82) is 0 Å². The van der Waals surface area contributed by atoms with E-state index in [1.807, 2.05) is 6.08 Å². The van der Waals surface area contributed by atoms with Crippen LogP contribution in [0.5, 0.6) is 5.88 Å². The number of allylic oxidation sites excluding steroid dienone is 4. The van der Waals surface area contributed by atoms with E-state index in [0.717, 1.165) is 25.7 Å². The molecule has 0 saturated heterocycles. The standard InChI is InChI=1S/C21H23FN4O/c22-21(11-5-4-9-16(21)18-13-26-19(23)14-25-18)17-10-6-12-24-20(17)27-15-7-2-1-3-8-15/h4-6,9-16H,1-3,7-8H2,(H2,23,26). The Hall–Kier alpha value is -2.76. The number of hydrogen-bond acceptors (Lipinski definition) is 5. The van der Waals surface area contributed by atoms with Crippen LogP contribution < -0.4 is 10.5 Å². The summed E-state index contributed by atoms with van der Waals surface area (Å²) in [4.78, 5) is 12.7. The molecule has 2 aromatic rings. The van der Waals surface area contributed by atoms with Crippen LogP contribution in [-0.4, -0.2) is 21.1 Å². The van der Waals surface area contributed by atoms with Crippen molar-refractivity contribution >= 4 is 5.82 Å². The van der Waals surface area contributed by atoms with E-state index in [2.05, 4.69) is 15.0 Å². The summed E-state index contributed by atoms with van der Waals surface area (Å²) >= 11 is 0. The molecular weight excluding hydrogens is 343 g/mol. The quantitative estimate of drug-likeness (QED) is 0.876. The monoisotopic (exact) mass is 366 g/mol. The van der Waals surface area contributed by atoms with Gasteiger partial charge in [0.15, 0.2) is 5.67 Å². The third kappa shape index (κ3) is 3.56. The van der Waals surface area contributed by atoms with E-state index >= 15 is 4.39 Å². The molecule has 2 heterocycles. The molecule has 1 fully saturated rings. The van der Waals surface area contributed by atoms with E-state index < -0.39 is 11.6 Å². The van der Waals surface area contributed by atoms with Gasteiger partial charge in [-0.2, -0.15) is 0 Å². The first-order chi connectivity index (χ1) is 13.2. The van der Waals surface area contributed by atoms with Crippen molar-refractivity contribution in [3.05, 3.63) is 66.3 Å². The lowest BCUT2D eigenvalue weighted by Gasteiger charge is -2.33. The predicted molar refractivity (Wildman–Crippen MR) is 102 cm³/mol. The van der Waals surface area contributed by atoms with Gasteiger partial charge in [-0.1, -0.05) is 24.6 Å². The topological polar surface area (TPSA) is 73.9 Å². The van der Waals surface area contributed by atoms with Crippen LogP contribution in [0.25, 0.3) is 0 Å². The van der Waals surface area contributed by atoms with Gasteiger partial charge in [-0.3, -0.25) is 4.98 Å². The Morgan fingerprint density at radius 2 is 1.93 bits per heavy atom. The van der Waals surface area contributed by atoms with E-state index in [-0.39, 0.29) is 6.10 Å². The minimum atomic E-state index is -1.82. The third-order valence-corrected chi connectivity index (χ3v) is 5.23. The molecule has 0 amide bonds. The number of ether oxygens (including phenoxy) is 1. The number of halogens is 1. The molecule has 0 aromatic carbocycles. The van der Waals surface area contributed by atoms with Gasteiger partial charge in [0.2, 0.25) is 5.88 Å². The van der Waals surface area contributed by atoms with E-state index in [1.54, 1.807) is 36.6 Å². The molecule has 6 heteroatoms. The molecule has 2 N–H and O–H groups in total. The average molecular weight is 366 g/mol. The highest BCUT2D eigenvalue weighted by Crippen LogP contribution is 2.47. The largest absolute Gasteiger partial charge is 0.474 e. The lowest BCUT2D eigenvalue weighted by molar-refractivity contribution is 0.134. The van der Waals surface area contributed by atoms with Crippen molar-refractivity contribution in [1.82, 2.24) is 15.0 Å². The van der Waals surface area contributed by atoms with Gasteiger partial charge >= 0.3 is 0 Å². The van der Waals surface area contributed by atoms with Crippen LogP contribution in [0.15, 0.2) is 55.0 Å². The number of aromatic nitrogens is 3. The molecule has 0 radical (unpaired) electrons. The van der Waals surface area contributed by atoms with Gasteiger partial charge in [-0.05, 0) is 43.9 Å². The van der Waals surface area contributed by atoms with E-state index in [4.69, 9.17) is 10.5 Å². The fourth-order valence-electron chi connectivity index (χ4n) is 3.81. The van der Waals surface area contributed by atoms with Crippen LogP contribution in [0.2, 0.25) is 0 Å². The first kappa shape index (κ1) is 17.6. The average Bonchev–Trinajstić information content (AvgIpc) is 2.70. The van der Waals surface area contributed by atoms with Crippen LogP contribution in [0.3, 0.4) is 0 Å². The molecule has 140 valence electrons. The zero-order valence-corrected chi connectivity index (χ0v) is 15.1. The van der Waals surface area contributed by atoms with E-state index in [1.165, 1.54) is 18.8 Å². The lowest BCUT2D eigenvalue weighted by Crippen LogP contribution is -2.30. The Kier molecular flexibility index (Phi) is 4.88. The second kappa shape index (κ2) is 7.47. The molecule has 5 nitrogen and oxygen atoms in total. The SMILES string of the molecule is Nc1cnc(C2C=CC=CC2(F)c2cccnc2OC2CCCCC2)cn1. The summed E-state index contributed by atoms with van der Waals surface area (Å²) in [7, 11) is 0. The summed E-state index contributed by atoms with van der Waals surface area (Å²) in [5.41, 5.74) is 4.74. The summed E-state index contributed by atoms with van der Waals surface area (Å²) < 4.78 is 22.6. The maximum absolute atomic E-state index is 16.4. The van der Waals surface area contributed by atoms with Gasteiger partial charge in [0.25, 0.3) is 0 Å². The third-order valence-electron chi connectivity index (χ3n) is 5.23. The number of pyridine rings is 1. The van der Waals surface area contributed by atoms with Gasteiger partial charge in [0, 0.05) is 6.20 Å². The first-order valence-corrected chi connectivity index (χ1v) is 9.41.